The van der Waals surface area contributed by atoms with Gasteiger partial charge in [-0.1, -0.05) is 47.6 Å². The van der Waals surface area contributed by atoms with Gasteiger partial charge in [-0.25, -0.2) is 4.79 Å². The maximum Gasteiger partial charge on any atom is 0.338 e. The van der Waals surface area contributed by atoms with Crippen molar-refractivity contribution < 1.29 is 9.53 Å². The summed E-state index contributed by atoms with van der Waals surface area (Å²) in [5.74, 6) is 0.678. The fourth-order valence-corrected chi connectivity index (χ4v) is 4.00. The van der Waals surface area contributed by atoms with E-state index in [1.165, 1.54) is 11.1 Å². The third-order valence-corrected chi connectivity index (χ3v) is 5.96. The van der Waals surface area contributed by atoms with Gasteiger partial charge in [-0.2, -0.15) is 0 Å². The van der Waals surface area contributed by atoms with E-state index >= 15 is 0 Å². The van der Waals surface area contributed by atoms with Crippen molar-refractivity contribution in [1.82, 2.24) is 0 Å². The Morgan fingerprint density at radius 2 is 1.60 bits per heavy atom. The quantitative estimate of drug-likeness (QED) is 0.663. The number of fused-ring (bicyclic) bond motifs is 2. The van der Waals surface area contributed by atoms with Gasteiger partial charge in [-0.3, -0.25) is 0 Å². The lowest BCUT2D eigenvalue weighted by Crippen LogP contribution is -2.30. The molecule has 0 saturated carbocycles. The molecule has 2 aliphatic rings. The van der Waals surface area contributed by atoms with Crippen molar-refractivity contribution >= 4 is 5.97 Å². The van der Waals surface area contributed by atoms with Gasteiger partial charge in [0.15, 0.2) is 0 Å². The fraction of sp³-hybridized carbons (Fsp3) is 0.611. The van der Waals surface area contributed by atoms with Crippen molar-refractivity contribution in [1.29, 1.82) is 0 Å². The highest BCUT2D eigenvalue weighted by atomic mass is 16.5. The van der Waals surface area contributed by atoms with E-state index in [-0.39, 0.29) is 16.8 Å². The van der Waals surface area contributed by atoms with E-state index in [1.54, 1.807) is 0 Å². The Labute approximate surface area is 121 Å². The van der Waals surface area contributed by atoms with Crippen LogP contribution in [0.1, 0.15) is 74.5 Å². The number of cyclic esters (lactones) is 1. The van der Waals surface area contributed by atoms with Crippen molar-refractivity contribution in [3.63, 3.8) is 0 Å². The number of esters is 1. The Balaban J connectivity index is 2.30. The zero-order chi connectivity index (χ0) is 14.9. The minimum absolute atomic E-state index is 0.0921. The molecular formula is C18H24O2. The van der Waals surface area contributed by atoms with E-state index in [0.717, 1.165) is 11.1 Å². The van der Waals surface area contributed by atoms with E-state index in [1.807, 2.05) is 0 Å². The third-order valence-electron chi connectivity index (χ3n) is 5.96. The predicted molar refractivity (Wildman–Crippen MR) is 80.4 cm³/mol. The first-order valence-corrected chi connectivity index (χ1v) is 7.53. The molecule has 2 nitrogen and oxygen atoms in total. The first-order valence-electron chi connectivity index (χ1n) is 7.53. The number of carbonyl (C=O) groups excluding carboxylic acids is 1. The molecule has 0 fully saturated rings. The maximum absolute atomic E-state index is 12.1. The molecule has 108 valence electrons. The first kappa shape index (κ1) is 13.7. The molecule has 1 aromatic rings. The summed E-state index contributed by atoms with van der Waals surface area (Å²) in [5.41, 5.74) is 4.91. The van der Waals surface area contributed by atoms with Crippen LogP contribution in [-0.2, 0) is 15.6 Å². The van der Waals surface area contributed by atoms with Crippen molar-refractivity contribution in [3.05, 3.63) is 34.4 Å². The average molecular weight is 272 g/mol. The van der Waals surface area contributed by atoms with Gasteiger partial charge < -0.3 is 4.74 Å². The van der Waals surface area contributed by atoms with Gasteiger partial charge in [0.05, 0.1) is 12.2 Å². The van der Waals surface area contributed by atoms with Gasteiger partial charge in [-0.15, -0.1) is 0 Å². The van der Waals surface area contributed by atoms with Crippen LogP contribution in [0.25, 0.3) is 0 Å². The van der Waals surface area contributed by atoms with E-state index in [2.05, 4.69) is 53.7 Å². The number of rotatable bonds is 0. The minimum Gasteiger partial charge on any atom is -0.461 e. The SMILES string of the molecule is CC1COC(=O)c2cc3c(cc21)C(C)(C)C(C)C3(C)C. The standard InChI is InChI=1S/C18H24O2/c1-10-9-20-16(19)13-8-15-14(7-12(10)13)17(3,4)11(2)18(15,5)6/h7-8,10-11H,9H2,1-6H3. The molecule has 2 atom stereocenters. The number of hydrogen-bond donors (Lipinski definition) is 0. The Kier molecular flexibility index (Phi) is 2.64. The number of carbonyl (C=O) groups is 1. The smallest absolute Gasteiger partial charge is 0.338 e. The molecule has 0 amide bonds. The second-order valence-electron chi connectivity index (χ2n) is 7.65. The monoisotopic (exact) mass is 272 g/mol. The largest absolute Gasteiger partial charge is 0.461 e. The Morgan fingerprint density at radius 3 is 2.20 bits per heavy atom. The van der Waals surface area contributed by atoms with Crippen LogP contribution in [0.2, 0.25) is 0 Å². The molecular weight excluding hydrogens is 248 g/mol. The van der Waals surface area contributed by atoms with Crippen LogP contribution in [0.4, 0.5) is 0 Å². The van der Waals surface area contributed by atoms with Gasteiger partial charge in [0, 0.05) is 5.92 Å². The summed E-state index contributed by atoms with van der Waals surface area (Å²) in [5, 5.41) is 0. The highest BCUT2D eigenvalue weighted by Gasteiger charge is 2.49. The molecule has 0 saturated heterocycles. The summed E-state index contributed by atoms with van der Waals surface area (Å²) >= 11 is 0. The summed E-state index contributed by atoms with van der Waals surface area (Å²) in [4.78, 5) is 12.1. The van der Waals surface area contributed by atoms with Gasteiger partial charge >= 0.3 is 5.97 Å². The summed E-state index contributed by atoms with van der Waals surface area (Å²) in [6.45, 7) is 14.2. The van der Waals surface area contributed by atoms with Crippen LogP contribution in [0.15, 0.2) is 12.1 Å². The van der Waals surface area contributed by atoms with Crippen molar-refractivity contribution in [2.75, 3.05) is 6.61 Å². The van der Waals surface area contributed by atoms with E-state index in [9.17, 15) is 4.79 Å². The molecule has 3 rings (SSSR count). The van der Waals surface area contributed by atoms with Crippen LogP contribution in [0.5, 0.6) is 0 Å². The molecule has 1 aliphatic heterocycles. The molecule has 0 aromatic heterocycles. The Morgan fingerprint density at radius 1 is 1.05 bits per heavy atom. The fourth-order valence-electron chi connectivity index (χ4n) is 4.00. The van der Waals surface area contributed by atoms with E-state index < -0.39 is 0 Å². The summed E-state index contributed by atoms with van der Waals surface area (Å²) in [6.07, 6.45) is 0. The number of hydrogen-bond acceptors (Lipinski definition) is 2. The lowest BCUT2D eigenvalue weighted by Gasteiger charge is -2.32. The highest BCUT2D eigenvalue weighted by Crippen LogP contribution is 2.54. The average Bonchev–Trinajstić information content (AvgIpc) is 2.52. The minimum atomic E-state index is -0.158. The second kappa shape index (κ2) is 3.87. The molecule has 20 heavy (non-hydrogen) atoms. The van der Waals surface area contributed by atoms with Gasteiger partial charge in [-0.05, 0) is 39.5 Å². The first-order chi connectivity index (χ1) is 9.17. The van der Waals surface area contributed by atoms with Gasteiger partial charge in [0.25, 0.3) is 0 Å². The predicted octanol–water partition coefficient (Wildman–Crippen LogP) is 4.17. The molecule has 0 N–H and O–H groups in total. The molecule has 0 bridgehead atoms. The molecule has 1 aliphatic carbocycles. The molecule has 1 heterocycles. The Hall–Kier alpha value is -1.31. The number of ether oxygens (including phenoxy) is 1. The molecule has 1 aromatic carbocycles. The zero-order valence-electron chi connectivity index (χ0n) is 13.3. The van der Waals surface area contributed by atoms with Crippen LogP contribution in [-0.4, -0.2) is 12.6 Å². The van der Waals surface area contributed by atoms with Crippen LogP contribution in [0.3, 0.4) is 0 Å². The molecule has 2 unspecified atom stereocenters. The van der Waals surface area contributed by atoms with Gasteiger partial charge in [0.2, 0.25) is 0 Å². The highest BCUT2D eigenvalue weighted by molar-refractivity contribution is 5.93. The topological polar surface area (TPSA) is 26.3 Å². The van der Waals surface area contributed by atoms with Gasteiger partial charge in [0.1, 0.15) is 0 Å². The van der Waals surface area contributed by atoms with Crippen LogP contribution in [0, 0.1) is 5.92 Å². The summed E-state index contributed by atoms with van der Waals surface area (Å²) < 4.78 is 5.28. The Bertz CT molecular complexity index is 596. The molecule has 2 heteroatoms. The zero-order valence-corrected chi connectivity index (χ0v) is 13.3. The summed E-state index contributed by atoms with van der Waals surface area (Å²) in [7, 11) is 0. The lowest BCUT2D eigenvalue weighted by atomic mass is 9.71. The normalized spacial score (nSPS) is 29.6. The van der Waals surface area contributed by atoms with Crippen LogP contribution >= 0.6 is 0 Å². The van der Waals surface area contributed by atoms with Crippen molar-refractivity contribution in [2.24, 2.45) is 5.92 Å². The number of benzene rings is 1. The van der Waals surface area contributed by atoms with E-state index in [4.69, 9.17) is 4.74 Å². The van der Waals surface area contributed by atoms with E-state index in [0.29, 0.717) is 18.4 Å². The van der Waals surface area contributed by atoms with Crippen LogP contribution < -0.4 is 0 Å². The molecule has 0 spiro atoms. The summed E-state index contributed by atoms with van der Waals surface area (Å²) in [6, 6.07) is 4.38. The van der Waals surface area contributed by atoms with Crippen molar-refractivity contribution in [2.45, 2.75) is 58.3 Å². The van der Waals surface area contributed by atoms with Crippen molar-refractivity contribution in [3.8, 4) is 0 Å². The maximum atomic E-state index is 12.1. The lowest BCUT2D eigenvalue weighted by molar-refractivity contribution is 0.0448. The second-order valence-corrected chi connectivity index (χ2v) is 7.65. The molecule has 0 radical (unpaired) electrons. The third kappa shape index (κ3) is 1.54.